The van der Waals surface area contributed by atoms with Crippen molar-refractivity contribution in [2.75, 3.05) is 0 Å². The lowest BCUT2D eigenvalue weighted by atomic mass is 9.94. The van der Waals surface area contributed by atoms with Crippen LogP contribution < -0.4 is 0 Å². The second-order valence-corrected chi connectivity index (χ2v) is 4.20. The Kier molecular flexibility index (Phi) is 2.07. The van der Waals surface area contributed by atoms with Crippen molar-refractivity contribution in [3.63, 3.8) is 0 Å². The fraction of sp³-hybridized carbons (Fsp3) is 0.455. The van der Waals surface area contributed by atoms with Gasteiger partial charge in [0, 0.05) is 5.56 Å². The second kappa shape index (κ2) is 3.02. The van der Waals surface area contributed by atoms with Gasteiger partial charge < -0.3 is 5.11 Å². The van der Waals surface area contributed by atoms with Crippen LogP contribution in [0.25, 0.3) is 0 Å². The Bertz CT molecular complexity index is 358. The smallest absolute Gasteiger partial charge is 0.164 e. The molecule has 1 saturated carbocycles. The lowest BCUT2D eigenvalue weighted by Gasteiger charge is -2.18. The highest BCUT2D eigenvalue weighted by Gasteiger charge is 2.45. The maximum absolute atomic E-state index is 13.3. The summed E-state index contributed by atoms with van der Waals surface area (Å²) in [4.78, 5) is 0. The monoisotopic (exact) mass is 198 g/mol. The van der Waals surface area contributed by atoms with Crippen molar-refractivity contribution >= 4 is 0 Å². The van der Waals surface area contributed by atoms with Crippen LogP contribution in [0.1, 0.15) is 31.4 Å². The molecule has 1 aliphatic rings. The van der Waals surface area contributed by atoms with Crippen molar-refractivity contribution < 1.29 is 13.9 Å². The molecule has 1 fully saturated rings. The summed E-state index contributed by atoms with van der Waals surface area (Å²) in [6, 6.07) is 3.91. The maximum Gasteiger partial charge on any atom is 0.164 e. The quantitative estimate of drug-likeness (QED) is 0.774. The van der Waals surface area contributed by atoms with Crippen LogP contribution in [0.2, 0.25) is 0 Å². The van der Waals surface area contributed by atoms with Crippen LogP contribution in [-0.2, 0) is 0 Å². The number of hydrogen-bond acceptors (Lipinski definition) is 1. The zero-order valence-corrected chi connectivity index (χ0v) is 7.93. The van der Waals surface area contributed by atoms with Crippen LogP contribution in [0, 0.1) is 17.0 Å². The van der Waals surface area contributed by atoms with E-state index < -0.39 is 17.7 Å². The molecule has 1 N–H and O–H groups in total. The average molecular weight is 198 g/mol. The topological polar surface area (TPSA) is 20.2 Å². The van der Waals surface area contributed by atoms with Crippen molar-refractivity contribution in [1.82, 2.24) is 0 Å². The number of rotatable bonds is 2. The molecular formula is C11H12F2O. The molecule has 0 amide bonds. The number of aliphatic hydroxyl groups excluding tert-OH is 1. The molecule has 1 atom stereocenters. The van der Waals surface area contributed by atoms with Gasteiger partial charge in [-0.2, -0.15) is 0 Å². The molecule has 0 aliphatic heterocycles. The van der Waals surface area contributed by atoms with Crippen LogP contribution >= 0.6 is 0 Å². The number of aliphatic hydroxyl groups is 1. The van der Waals surface area contributed by atoms with Gasteiger partial charge in [0.05, 0.1) is 6.10 Å². The lowest BCUT2D eigenvalue weighted by Crippen LogP contribution is -2.12. The van der Waals surface area contributed by atoms with Gasteiger partial charge in [-0.3, -0.25) is 0 Å². The molecule has 1 aromatic rings. The fourth-order valence-corrected chi connectivity index (χ4v) is 1.58. The third-order valence-corrected chi connectivity index (χ3v) is 2.97. The molecule has 0 heterocycles. The van der Waals surface area contributed by atoms with Gasteiger partial charge in [-0.25, -0.2) is 8.78 Å². The minimum absolute atomic E-state index is 0.0741. The van der Waals surface area contributed by atoms with Gasteiger partial charge in [0.25, 0.3) is 0 Å². The minimum Gasteiger partial charge on any atom is -0.388 e. The molecule has 2 rings (SSSR count). The highest BCUT2D eigenvalue weighted by molar-refractivity contribution is 5.24. The molecule has 14 heavy (non-hydrogen) atoms. The Hall–Kier alpha value is -0.960. The standard InChI is InChI=1S/C11H12F2O/c1-11(5-6-11)10(14)7-3-2-4-8(12)9(7)13/h2-4,10,14H,5-6H2,1H3. The van der Waals surface area contributed by atoms with Gasteiger partial charge in [-0.05, 0) is 24.3 Å². The predicted molar refractivity (Wildman–Crippen MR) is 48.7 cm³/mol. The van der Waals surface area contributed by atoms with Crippen LogP contribution in [0.5, 0.6) is 0 Å². The van der Waals surface area contributed by atoms with Crippen LogP contribution in [-0.4, -0.2) is 5.11 Å². The van der Waals surface area contributed by atoms with E-state index in [1.165, 1.54) is 12.1 Å². The fourth-order valence-electron chi connectivity index (χ4n) is 1.58. The van der Waals surface area contributed by atoms with Gasteiger partial charge >= 0.3 is 0 Å². The van der Waals surface area contributed by atoms with Gasteiger partial charge in [-0.15, -0.1) is 0 Å². The summed E-state index contributed by atoms with van der Waals surface area (Å²) in [5, 5.41) is 9.82. The third kappa shape index (κ3) is 1.42. The Morgan fingerprint density at radius 1 is 1.36 bits per heavy atom. The molecule has 0 radical (unpaired) electrons. The van der Waals surface area contributed by atoms with Crippen molar-refractivity contribution in [3.05, 3.63) is 35.4 Å². The van der Waals surface area contributed by atoms with Gasteiger partial charge in [0.1, 0.15) is 0 Å². The third-order valence-electron chi connectivity index (χ3n) is 2.97. The number of benzene rings is 1. The maximum atomic E-state index is 13.3. The summed E-state index contributed by atoms with van der Waals surface area (Å²) in [5.41, 5.74) is -0.181. The highest BCUT2D eigenvalue weighted by Crippen LogP contribution is 2.54. The summed E-state index contributed by atoms with van der Waals surface area (Å²) < 4.78 is 26.1. The Labute approximate surface area is 81.4 Å². The van der Waals surface area contributed by atoms with Crippen molar-refractivity contribution in [3.8, 4) is 0 Å². The van der Waals surface area contributed by atoms with Crippen molar-refractivity contribution in [2.45, 2.75) is 25.9 Å². The molecule has 0 bridgehead atoms. The van der Waals surface area contributed by atoms with Crippen LogP contribution in [0.15, 0.2) is 18.2 Å². The Morgan fingerprint density at radius 3 is 2.57 bits per heavy atom. The summed E-state index contributed by atoms with van der Waals surface area (Å²) in [5.74, 6) is -1.82. The summed E-state index contributed by atoms with van der Waals surface area (Å²) >= 11 is 0. The van der Waals surface area contributed by atoms with E-state index in [1.807, 2.05) is 6.92 Å². The molecule has 0 saturated heterocycles. The van der Waals surface area contributed by atoms with E-state index in [-0.39, 0.29) is 11.0 Å². The van der Waals surface area contributed by atoms with Gasteiger partial charge in [0.2, 0.25) is 0 Å². The van der Waals surface area contributed by atoms with E-state index in [0.29, 0.717) is 0 Å². The molecule has 76 valence electrons. The van der Waals surface area contributed by atoms with E-state index in [2.05, 4.69) is 0 Å². The van der Waals surface area contributed by atoms with Gasteiger partial charge in [-0.1, -0.05) is 19.1 Å². The normalized spacial score (nSPS) is 20.6. The zero-order chi connectivity index (χ0) is 10.3. The first-order chi connectivity index (χ1) is 6.54. The number of halogens is 2. The molecule has 0 spiro atoms. The largest absolute Gasteiger partial charge is 0.388 e. The first-order valence-corrected chi connectivity index (χ1v) is 4.66. The first-order valence-electron chi connectivity index (χ1n) is 4.66. The first kappa shape index (κ1) is 9.59. The van der Waals surface area contributed by atoms with Crippen molar-refractivity contribution in [1.29, 1.82) is 0 Å². The SMILES string of the molecule is CC1(C(O)c2cccc(F)c2F)CC1. The number of hydrogen-bond donors (Lipinski definition) is 1. The molecule has 1 aliphatic carbocycles. The van der Waals surface area contributed by atoms with E-state index in [1.54, 1.807) is 0 Å². The lowest BCUT2D eigenvalue weighted by molar-refractivity contribution is 0.0989. The minimum atomic E-state index is -0.923. The van der Waals surface area contributed by atoms with E-state index in [9.17, 15) is 13.9 Å². The summed E-state index contributed by atoms with van der Waals surface area (Å²) in [7, 11) is 0. The predicted octanol–water partition coefficient (Wildman–Crippen LogP) is 2.80. The second-order valence-electron chi connectivity index (χ2n) is 4.20. The molecule has 1 unspecified atom stereocenters. The van der Waals surface area contributed by atoms with E-state index in [0.717, 1.165) is 18.9 Å². The van der Waals surface area contributed by atoms with E-state index in [4.69, 9.17) is 0 Å². The van der Waals surface area contributed by atoms with Crippen molar-refractivity contribution in [2.24, 2.45) is 5.41 Å². The molecule has 0 aromatic heterocycles. The zero-order valence-electron chi connectivity index (χ0n) is 7.93. The van der Waals surface area contributed by atoms with E-state index >= 15 is 0 Å². The average Bonchev–Trinajstić information content (AvgIpc) is 2.89. The summed E-state index contributed by atoms with van der Waals surface area (Å²) in [6.07, 6.45) is 0.840. The Balaban J connectivity index is 2.36. The molecular weight excluding hydrogens is 186 g/mol. The van der Waals surface area contributed by atoms with Crippen LogP contribution in [0.3, 0.4) is 0 Å². The molecule has 3 heteroatoms. The van der Waals surface area contributed by atoms with Gasteiger partial charge in [0.15, 0.2) is 11.6 Å². The molecule has 1 aromatic carbocycles. The molecule has 1 nitrogen and oxygen atoms in total. The van der Waals surface area contributed by atoms with Crippen LogP contribution in [0.4, 0.5) is 8.78 Å². The highest BCUT2D eigenvalue weighted by atomic mass is 19.2. The summed E-state index contributed by atoms with van der Waals surface area (Å²) in [6.45, 7) is 1.88. The Morgan fingerprint density at radius 2 is 2.00 bits per heavy atom.